The summed E-state index contributed by atoms with van der Waals surface area (Å²) in [6.45, 7) is 0. The minimum absolute atomic E-state index is 0.0335. The molecule has 0 heterocycles. The average molecular weight is 260 g/mol. The van der Waals surface area contributed by atoms with Crippen molar-refractivity contribution in [3.63, 3.8) is 0 Å². The molecule has 3 rings (SSSR count). The van der Waals surface area contributed by atoms with Crippen molar-refractivity contribution in [2.45, 2.75) is 43.9 Å². The summed E-state index contributed by atoms with van der Waals surface area (Å²) >= 11 is 0. The molecule has 4 N–H and O–H groups in total. The van der Waals surface area contributed by atoms with Crippen molar-refractivity contribution in [3.05, 3.63) is 35.4 Å². The average Bonchev–Trinajstić information content (AvgIpc) is 3.17. The standard InChI is InChI=1S/C15H20N2O2/c16-12(9-5-6-9)8-14(19)17-15-11-4-2-1-3-10(11)7-13(15)18/h1-4,9,12-13,15,18H,5-8,16H2,(H,17,19)/t12?,13-,15+/m0/s1. The largest absolute Gasteiger partial charge is 0.390 e. The predicted octanol–water partition coefficient (Wildman–Crippen LogP) is 0.888. The molecule has 0 aliphatic heterocycles. The Morgan fingerprint density at radius 2 is 2.16 bits per heavy atom. The molecule has 19 heavy (non-hydrogen) atoms. The summed E-state index contributed by atoms with van der Waals surface area (Å²) in [7, 11) is 0. The maximum absolute atomic E-state index is 12.0. The van der Waals surface area contributed by atoms with E-state index in [9.17, 15) is 9.90 Å². The molecule has 1 saturated carbocycles. The molecule has 4 heteroatoms. The van der Waals surface area contributed by atoms with Gasteiger partial charge in [0.25, 0.3) is 0 Å². The van der Waals surface area contributed by atoms with Crippen LogP contribution in [0, 0.1) is 5.92 Å². The number of hydrogen-bond donors (Lipinski definition) is 3. The zero-order valence-electron chi connectivity index (χ0n) is 10.9. The Labute approximate surface area is 113 Å². The topological polar surface area (TPSA) is 75.4 Å². The minimum atomic E-state index is -0.529. The van der Waals surface area contributed by atoms with Crippen LogP contribution in [0.4, 0.5) is 0 Å². The van der Waals surface area contributed by atoms with Gasteiger partial charge in [-0.1, -0.05) is 24.3 Å². The van der Waals surface area contributed by atoms with Crippen LogP contribution < -0.4 is 11.1 Å². The number of nitrogens with two attached hydrogens (primary N) is 1. The summed E-state index contributed by atoms with van der Waals surface area (Å²) in [6.07, 6.45) is 2.72. The van der Waals surface area contributed by atoms with E-state index in [1.807, 2.05) is 24.3 Å². The molecule has 1 unspecified atom stereocenters. The Kier molecular flexibility index (Phi) is 3.29. The van der Waals surface area contributed by atoms with Gasteiger partial charge in [-0.05, 0) is 29.9 Å². The first kappa shape index (κ1) is 12.6. The van der Waals surface area contributed by atoms with Crippen molar-refractivity contribution in [2.24, 2.45) is 11.7 Å². The smallest absolute Gasteiger partial charge is 0.222 e. The van der Waals surface area contributed by atoms with Crippen molar-refractivity contribution in [3.8, 4) is 0 Å². The Bertz CT molecular complexity index is 485. The number of amides is 1. The lowest BCUT2D eigenvalue weighted by Crippen LogP contribution is -2.38. The lowest BCUT2D eigenvalue weighted by Gasteiger charge is -2.19. The van der Waals surface area contributed by atoms with Gasteiger partial charge in [0.1, 0.15) is 0 Å². The van der Waals surface area contributed by atoms with E-state index in [0.29, 0.717) is 18.8 Å². The second-order valence-electron chi connectivity index (χ2n) is 5.72. The molecule has 0 aromatic heterocycles. The van der Waals surface area contributed by atoms with Gasteiger partial charge < -0.3 is 16.2 Å². The van der Waals surface area contributed by atoms with E-state index >= 15 is 0 Å². The van der Waals surface area contributed by atoms with Crippen molar-refractivity contribution in [2.75, 3.05) is 0 Å². The molecule has 0 spiro atoms. The number of carbonyl (C=O) groups excluding carboxylic acids is 1. The van der Waals surface area contributed by atoms with Gasteiger partial charge in [0.2, 0.25) is 5.91 Å². The van der Waals surface area contributed by atoms with Gasteiger partial charge >= 0.3 is 0 Å². The number of nitrogens with one attached hydrogen (secondary N) is 1. The molecule has 102 valence electrons. The van der Waals surface area contributed by atoms with E-state index in [-0.39, 0.29) is 18.0 Å². The number of aliphatic hydroxyl groups is 1. The summed E-state index contributed by atoms with van der Waals surface area (Å²) < 4.78 is 0. The molecule has 1 aromatic carbocycles. The molecule has 1 fully saturated rings. The fourth-order valence-corrected chi connectivity index (χ4v) is 2.89. The maximum Gasteiger partial charge on any atom is 0.222 e. The zero-order valence-corrected chi connectivity index (χ0v) is 10.9. The molecule has 2 aliphatic carbocycles. The summed E-state index contributed by atoms with van der Waals surface area (Å²) in [5.74, 6) is 0.465. The highest BCUT2D eigenvalue weighted by Crippen LogP contribution is 2.34. The van der Waals surface area contributed by atoms with Crippen molar-refractivity contribution in [1.82, 2.24) is 5.32 Å². The van der Waals surface area contributed by atoms with Gasteiger partial charge in [0, 0.05) is 18.9 Å². The molecule has 1 aromatic rings. The van der Waals surface area contributed by atoms with Gasteiger partial charge in [0.15, 0.2) is 0 Å². The summed E-state index contributed by atoms with van der Waals surface area (Å²) in [6, 6.07) is 7.55. The Morgan fingerprint density at radius 3 is 2.89 bits per heavy atom. The van der Waals surface area contributed by atoms with Crippen molar-refractivity contribution in [1.29, 1.82) is 0 Å². The molecule has 0 radical (unpaired) electrons. The number of carbonyl (C=O) groups is 1. The van der Waals surface area contributed by atoms with Gasteiger partial charge in [0.05, 0.1) is 12.1 Å². The van der Waals surface area contributed by atoms with E-state index in [2.05, 4.69) is 5.32 Å². The monoisotopic (exact) mass is 260 g/mol. The molecular formula is C15H20N2O2. The van der Waals surface area contributed by atoms with E-state index in [1.54, 1.807) is 0 Å². The lowest BCUT2D eigenvalue weighted by atomic mass is 10.1. The van der Waals surface area contributed by atoms with Crippen LogP contribution in [0.25, 0.3) is 0 Å². The summed E-state index contributed by atoms with van der Waals surface area (Å²) in [5, 5.41) is 13.0. The lowest BCUT2D eigenvalue weighted by molar-refractivity contribution is -0.123. The van der Waals surface area contributed by atoms with Gasteiger partial charge in [-0.15, -0.1) is 0 Å². The van der Waals surface area contributed by atoms with Gasteiger partial charge in [-0.2, -0.15) is 0 Å². The highest BCUT2D eigenvalue weighted by atomic mass is 16.3. The van der Waals surface area contributed by atoms with Crippen LogP contribution in [0.5, 0.6) is 0 Å². The second-order valence-corrected chi connectivity index (χ2v) is 5.72. The van der Waals surface area contributed by atoms with Gasteiger partial charge in [-0.25, -0.2) is 0 Å². The fourth-order valence-electron chi connectivity index (χ4n) is 2.89. The summed E-state index contributed by atoms with van der Waals surface area (Å²) in [4.78, 5) is 12.0. The predicted molar refractivity (Wildman–Crippen MR) is 72.4 cm³/mol. The van der Waals surface area contributed by atoms with Crippen LogP contribution in [0.1, 0.15) is 36.4 Å². The van der Waals surface area contributed by atoms with Crippen LogP contribution in [0.15, 0.2) is 24.3 Å². The first-order valence-electron chi connectivity index (χ1n) is 6.96. The van der Waals surface area contributed by atoms with E-state index in [0.717, 1.165) is 24.0 Å². The van der Waals surface area contributed by atoms with Crippen molar-refractivity contribution >= 4 is 5.91 Å². The first-order chi connectivity index (χ1) is 9.15. The normalized spacial score (nSPS) is 26.8. The highest BCUT2D eigenvalue weighted by Gasteiger charge is 2.34. The van der Waals surface area contributed by atoms with Crippen molar-refractivity contribution < 1.29 is 9.90 Å². The molecule has 3 atom stereocenters. The Morgan fingerprint density at radius 1 is 1.42 bits per heavy atom. The first-order valence-corrected chi connectivity index (χ1v) is 6.96. The molecule has 0 saturated heterocycles. The van der Waals surface area contributed by atoms with Crippen LogP contribution in [0.3, 0.4) is 0 Å². The molecular weight excluding hydrogens is 240 g/mol. The van der Waals surface area contributed by atoms with Crippen LogP contribution in [-0.4, -0.2) is 23.2 Å². The molecule has 2 aliphatic rings. The second kappa shape index (κ2) is 4.94. The summed E-state index contributed by atoms with van der Waals surface area (Å²) in [5.41, 5.74) is 8.11. The van der Waals surface area contributed by atoms with E-state index < -0.39 is 6.10 Å². The van der Waals surface area contributed by atoms with Gasteiger partial charge in [-0.3, -0.25) is 4.79 Å². The molecule has 4 nitrogen and oxygen atoms in total. The van der Waals surface area contributed by atoms with E-state index in [4.69, 9.17) is 5.73 Å². The van der Waals surface area contributed by atoms with Crippen LogP contribution in [0.2, 0.25) is 0 Å². The Hall–Kier alpha value is -1.39. The molecule has 1 amide bonds. The number of rotatable bonds is 4. The Balaban J connectivity index is 1.64. The third-order valence-electron chi connectivity index (χ3n) is 4.17. The highest BCUT2D eigenvalue weighted by molar-refractivity contribution is 5.77. The SMILES string of the molecule is NC(CC(=O)N[C@@H]1c2ccccc2C[C@@H]1O)C1CC1. The van der Waals surface area contributed by atoms with Crippen LogP contribution in [-0.2, 0) is 11.2 Å². The quantitative estimate of drug-likeness (QED) is 0.752. The maximum atomic E-state index is 12.0. The van der Waals surface area contributed by atoms with Crippen LogP contribution >= 0.6 is 0 Å². The number of fused-ring (bicyclic) bond motifs is 1. The third-order valence-corrected chi connectivity index (χ3v) is 4.17. The number of hydrogen-bond acceptors (Lipinski definition) is 3. The fraction of sp³-hybridized carbons (Fsp3) is 0.533. The number of benzene rings is 1. The molecule has 0 bridgehead atoms. The number of aliphatic hydroxyl groups excluding tert-OH is 1. The zero-order chi connectivity index (χ0) is 13.4. The minimum Gasteiger partial charge on any atom is -0.390 e. The third kappa shape index (κ3) is 2.65. The van der Waals surface area contributed by atoms with E-state index in [1.165, 1.54) is 0 Å².